The number of hydrogen-bond acceptors (Lipinski definition) is 2. The highest BCUT2D eigenvalue weighted by atomic mass is 28.4. The van der Waals surface area contributed by atoms with Gasteiger partial charge >= 0.3 is 5.97 Å². The van der Waals surface area contributed by atoms with Crippen molar-refractivity contribution in [2.24, 2.45) is 0 Å². The van der Waals surface area contributed by atoms with E-state index < -0.39 is 14.3 Å². The van der Waals surface area contributed by atoms with E-state index in [1.54, 1.807) is 0 Å². The van der Waals surface area contributed by atoms with Crippen LogP contribution >= 0.6 is 0 Å². The van der Waals surface area contributed by atoms with Crippen molar-refractivity contribution >= 4 is 25.2 Å². The van der Waals surface area contributed by atoms with E-state index in [0.717, 1.165) is 33.5 Å². The molecule has 0 aliphatic carbocycles. The van der Waals surface area contributed by atoms with E-state index in [9.17, 15) is 9.90 Å². The largest absolute Gasteiger partial charge is 0.543 e. The van der Waals surface area contributed by atoms with Crippen LogP contribution in [0.25, 0.3) is 10.9 Å². The van der Waals surface area contributed by atoms with Crippen LogP contribution in [0.3, 0.4) is 0 Å². The summed E-state index contributed by atoms with van der Waals surface area (Å²) in [4.78, 5) is 15.1. The molecule has 3 aromatic rings. The number of benzene rings is 2. The van der Waals surface area contributed by atoms with Gasteiger partial charge in [-0.25, -0.2) is 0 Å². The second-order valence-electron chi connectivity index (χ2n) is 8.86. The summed E-state index contributed by atoms with van der Waals surface area (Å²) in [7, 11) is -2.05. The first-order valence-corrected chi connectivity index (χ1v) is 12.6. The Labute approximate surface area is 167 Å². The lowest BCUT2D eigenvalue weighted by Gasteiger charge is -2.36. The van der Waals surface area contributed by atoms with Gasteiger partial charge in [-0.1, -0.05) is 57.2 Å². The van der Waals surface area contributed by atoms with Gasteiger partial charge in [0.15, 0.2) is 0 Å². The topological polar surface area (TPSA) is 62.3 Å². The molecule has 0 saturated heterocycles. The monoisotopic (exact) mass is 395 g/mol. The third-order valence-corrected chi connectivity index (χ3v) is 10.0. The summed E-state index contributed by atoms with van der Waals surface area (Å²) in [5.41, 5.74) is 3.83. The number of hydrogen-bond donors (Lipinski definition) is 2. The molecular weight excluding hydrogens is 366 g/mol. The Kier molecular flexibility index (Phi) is 5.39. The minimum atomic E-state index is -2.05. The van der Waals surface area contributed by atoms with Crippen LogP contribution < -0.4 is 4.43 Å². The molecule has 0 saturated carbocycles. The molecule has 28 heavy (non-hydrogen) atoms. The van der Waals surface area contributed by atoms with E-state index in [1.165, 1.54) is 0 Å². The first-order chi connectivity index (χ1) is 13.1. The number of carbonyl (C=O) groups is 1. The average molecular weight is 396 g/mol. The summed E-state index contributed by atoms with van der Waals surface area (Å²) >= 11 is 0. The van der Waals surface area contributed by atoms with Crippen molar-refractivity contribution in [1.82, 2.24) is 4.98 Å². The second kappa shape index (κ2) is 7.47. The van der Waals surface area contributed by atoms with Gasteiger partial charge in [0.25, 0.3) is 8.32 Å². The first kappa shape index (κ1) is 20.2. The molecule has 0 spiro atoms. The van der Waals surface area contributed by atoms with Crippen LogP contribution in [0.15, 0.2) is 48.5 Å². The lowest BCUT2D eigenvalue weighted by atomic mass is 10.0. The van der Waals surface area contributed by atoms with Gasteiger partial charge in [-0.3, -0.25) is 4.79 Å². The Morgan fingerprint density at radius 1 is 1.07 bits per heavy atom. The third kappa shape index (κ3) is 4.14. The molecule has 4 nitrogen and oxygen atoms in total. The average Bonchev–Trinajstić information content (AvgIpc) is 2.92. The number of nitrogens with one attached hydrogen (secondary N) is 1. The SMILES string of the molecule is CC(C)(C)[Si](C)(C)Oc1cccc2[nH]c(Cc3ccccc3)c(CC(=O)O)c12. The summed E-state index contributed by atoms with van der Waals surface area (Å²) in [6.45, 7) is 11.0. The van der Waals surface area contributed by atoms with E-state index in [1.807, 2.05) is 36.4 Å². The highest BCUT2D eigenvalue weighted by Gasteiger charge is 2.39. The molecule has 1 aromatic heterocycles. The van der Waals surface area contributed by atoms with Gasteiger partial charge in [0.2, 0.25) is 0 Å². The lowest BCUT2D eigenvalue weighted by Crippen LogP contribution is -2.43. The van der Waals surface area contributed by atoms with Gasteiger partial charge in [-0.2, -0.15) is 0 Å². The van der Waals surface area contributed by atoms with E-state index in [4.69, 9.17) is 4.43 Å². The number of carboxylic acid groups (broad SMARTS) is 1. The molecule has 148 valence electrons. The van der Waals surface area contributed by atoms with Crippen molar-refractivity contribution in [3.8, 4) is 5.75 Å². The number of rotatable bonds is 6. The van der Waals surface area contributed by atoms with Crippen molar-refractivity contribution < 1.29 is 14.3 Å². The molecule has 5 heteroatoms. The zero-order valence-electron chi connectivity index (χ0n) is 17.3. The number of H-pyrrole nitrogens is 1. The van der Waals surface area contributed by atoms with E-state index in [-0.39, 0.29) is 11.5 Å². The fraction of sp³-hybridized carbons (Fsp3) is 0.348. The Bertz CT molecular complexity index is 984. The zero-order valence-corrected chi connectivity index (χ0v) is 18.3. The second-order valence-corrected chi connectivity index (χ2v) is 13.6. The van der Waals surface area contributed by atoms with Gasteiger partial charge in [-0.15, -0.1) is 0 Å². The van der Waals surface area contributed by atoms with Crippen LogP contribution in [-0.4, -0.2) is 24.4 Å². The fourth-order valence-corrected chi connectivity index (χ4v) is 4.17. The third-order valence-electron chi connectivity index (χ3n) is 5.70. The van der Waals surface area contributed by atoms with Gasteiger partial charge in [0.05, 0.1) is 6.42 Å². The van der Waals surface area contributed by atoms with Crippen LogP contribution in [0.2, 0.25) is 18.1 Å². The molecule has 2 aromatic carbocycles. The first-order valence-electron chi connectivity index (χ1n) is 9.65. The summed E-state index contributed by atoms with van der Waals surface area (Å²) in [6.07, 6.45) is 0.637. The van der Waals surface area contributed by atoms with Crippen molar-refractivity contribution in [3.05, 3.63) is 65.4 Å². The van der Waals surface area contributed by atoms with Gasteiger partial charge < -0.3 is 14.5 Å². The Balaban J connectivity index is 2.12. The number of carboxylic acids is 1. The molecule has 3 rings (SSSR count). The number of aromatic nitrogens is 1. The molecule has 0 aliphatic heterocycles. The Hall–Kier alpha value is -2.53. The van der Waals surface area contributed by atoms with Gasteiger partial charge in [0.1, 0.15) is 5.75 Å². The molecule has 0 radical (unpaired) electrons. The molecular formula is C23H29NO3Si. The number of aromatic amines is 1. The molecule has 0 fully saturated rings. The van der Waals surface area contributed by atoms with Crippen LogP contribution in [-0.2, 0) is 17.6 Å². The number of aliphatic carboxylic acids is 1. The van der Waals surface area contributed by atoms with Crippen molar-refractivity contribution in [2.75, 3.05) is 0 Å². The molecule has 0 unspecified atom stereocenters. The Morgan fingerprint density at radius 2 is 1.75 bits per heavy atom. The zero-order chi connectivity index (χ0) is 20.5. The summed E-state index contributed by atoms with van der Waals surface area (Å²) in [5, 5.41) is 10.5. The molecule has 2 N–H and O–H groups in total. The van der Waals surface area contributed by atoms with E-state index in [0.29, 0.717) is 6.42 Å². The maximum absolute atomic E-state index is 11.6. The number of fused-ring (bicyclic) bond motifs is 1. The standard InChI is InChI=1S/C23H29NO3Si/c1-23(2,3)28(4,5)27-20-13-9-12-18-22(20)17(15-21(25)26)19(24-18)14-16-10-7-6-8-11-16/h6-13,24H,14-15H2,1-5H3,(H,25,26). The normalized spacial score (nSPS) is 12.3. The van der Waals surface area contributed by atoms with Crippen LogP contribution in [0.5, 0.6) is 5.75 Å². The maximum Gasteiger partial charge on any atom is 0.307 e. The molecule has 1 heterocycles. The van der Waals surface area contributed by atoms with Crippen molar-refractivity contribution in [2.45, 2.75) is 51.7 Å². The fourth-order valence-electron chi connectivity index (χ4n) is 3.15. The molecule has 0 atom stereocenters. The highest BCUT2D eigenvalue weighted by Crippen LogP contribution is 2.40. The predicted octanol–water partition coefficient (Wildman–Crippen LogP) is 5.77. The van der Waals surface area contributed by atoms with E-state index in [2.05, 4.69) is 51.0 Å². The quantitative estimate of drug-likeness (QED) is 0.521. The van der Waals surface area contributed by atoms with Crippen LogP contribution in [0, 0.1) is 0 Å². The van der Waals surface area contributed by atoms with E-state index >= 15 is 0 Å². The molecule has 0 amide bonds. The van der Waals surface area contributed by atoms with Crippen molar-refractivity contribution in [1.29, 1.82) is 0 Å². The Morgan fingerprint density at radius 3 is 2.36 bits per heavy atom. The van der Waals surface area contributed by atoms with Crippen molar-refractivity contribution in [3.63, 3.8) is 0 Å². The maximum atomic E-state index is 11.6. The molecule has 0 aliphatic rings. The summed E-state index contributed by atoms with van der Waals surface area (Å²) in [5.74, 6) is -0.0479. The van der Waals surface area contributed by atoms with Gasteiger partial charge in [-0.05, 0) is 41.4 Å². The van der Waals surface area contributed by atoms with Crippen LogP contribution in [0.4, 0.5) is 0 Å². The molecule has 0 bridgehead atoms. The van der Waals surface area contributed by atoms with Gasteiger partial charge in [0, 0.05) is 23.0 Å². The minimum absolute atomic E-state index is 0.0277. The smallest absolute Gasteiger partial charge is 0.307 e. The predicted molar refractivity (Wildman–Crippen MR) is 117 cm³/mol. The summed E-state index contributed by atoms with van der Waals surface area (Å²) < 4.78 is 6.59. The minimum Gasteiger partial charge on any atom is -0.543 e. The summed E-state index contributed by atoms with van der Waals surface area (Å²) in [6, 6.07) is 16.0. The highest BCUT2D eigenvalue weighted by molar-refractivity contribution is 6.74. The lowest BCUT2D eigenvalue weighted by molar-refractivity contribution is -0.136. The van der Waals surface area contributed by atoms with Crippen LogP contribution in [0.1, 0.15) is 37.6 Å².